The molecule has 0 amide bonds. The fourth-order valence-electron chi connectivity index (χ4n) is 2.13. The molecule has 0 bridgehead atoms. The van der Waals surface area contributed by atoms with E-state index in [9.17, 15) is 18.3 Å². The molecule has 1 aromatic carbocycles. The van der Waals surface area contributed by atoms with E-state index in [1.807, 2.05) is 20.8 Å². The summed E-state index contributed by atoms with van der Waals surface area (Å²) in [5.74, 6) is -0.960. The second-order valence-electron chi connectivity index (χ2n) is 5.74. The summed E-state index contributed by atoms with van der Waals surface area (Å²) in [5, 5.41) is 9.17. The highest BCUT2D eigenvalue weighted by Gasteiger charge is 2.29. The van der Waals surface area contributed by atoms with Crippen LogP contribution in [0, 0.1) is 19.8 Å². The average Bonchev–Trinajstić information content (AvgIpc) is 2.35. The number of carboxylic acid groups (broad SMARTS) is 1. The van der Waals surface area contributed by atoms with E-state index in [0.29, 0.717) is 11.1 Å². The van der Waals surface area contributed by atoms with Gasteiger partial charge in [-0.2, -0.15) is 4.31 Å². The van der Waals surface area contributed by atoms with Gasteiger partial charge in [0.1, 0.15) is 0 Å². The summed E-state index contributed by atoms with van der Waals surface area (Å²) in [6, 6.07) is 2.68. The Kier molecular flexibility index (Phi) is 5.17. The van der Waals surface area contributed by atoms with Gasteiger partial charge in [-0.25, -0.2) is 13.2 Å². The minimum Gasteiger partial charge on any atom is -0.478 e. The number of carboxylic acids is 1. The Morgan fingerprint density at radius 2 is 1.67 bits per heavy atom. The lowest BCUT2D eigenvalue weighted by Gasteiger charge is -2.28. The number of aryl methyl sites for hydroxylation is 2. The second kappa shape index (κ2) is 6.15. The minimum atomic E-state index is -3.72. The first kappa shape index (κ1) is 17.7. The zero-order chi connectivity index (χ0) is 16.5. The molecule has 0 saturated carbocycles. The highest BCUT2D eigenvalue weighted by Crippen LogP contribution is 2.25. The standard InChI is InChI=1S/C15H23NO4S/c1-9(2)12(5)16(6)21(19,20)14-8-13(15(17)18)10(3)7-11(14)4/h7-9,12H,1-6H3,(H,17,18). The molecule has 0 aliphatic rings. The van der Waals surface area contributed by atoms with Crippen molar-refractivity contribution in [1.82, 2.24) is 4.31 Å². The second-order valence-corrected chi connectivity index (χ2v) is 7.71. The number of hydrogen-bond acceptors (Lipinski definition) is 3. The van der Waals surface area contributed by atoms with Crippen molar-refractivity contribution in [1.29, 1.82) is 0 Å². The van der Waals surface area contributed by atoms with Gasteiger partial charge in [0.2, 0.25) is 10.0 Å². The summed E-state index contributed by atoms with van der Waals surface area (Å²) in [6.45, 7) is 9.07. The minimum absolute atomic E-state index is 0.0183. The van der Waals surface area contributed by atoms with Gasteiger partial charge in [0.15, 0.2) is 0 Å². The van der Waals surface area contributed by atoms with Crippen molar-refractivity contribution in [3.05, 3.63) is 28.8 Å². The lowest BCUT2D eigenvalue weighted by atomic mass is 10.1. The molecule has 118 valence electrons. The van der Waals surface area contributed by atoms with Crippen molar-refractivity contribution in [3.63, 3.8) is 0 Å². The van der Waals surface area contributed by atoms with Crippen LogP contribution in [0.2, 0.25) is 0 Å². The molecule has 0 spiro atoms. The van der Waals surface area contributed by atoms with Crippen LogP contribution in [0.3, 0.4) is 0 Å². The zero-order valence-electron chi connectivity index (χ0n) is 13.3. The van der Waals surface area contributed by atoms with Crippen LogP contribution < -0.4 is 0 Å². The van der Waals surface area contributed by atoms with E-state index in [-0.39, 0.29) is 22.4 Å². The summed E-state index contributed by atoms with van der Waals surface area (Å²) < 4.78 is 26.7. The van der Waals surface area contributed by atoms with E-state index in [1.165, 1.54) is 17.4 Å². The molecule has 1 unspecified atom stereocenters. The highest BCUT2D eigenvalue weighted by molar-refractivity contribution is 7.89. The Morgan fingerprint density at radius 1 is 1.14 bits per heavy atom. The molecule has 0 heterocycles. The van der Waals surface area contributed by atoms with E-state index in [1.54, 1.807) is 19.9 Å². The smallest absolute Gasteiger partial charge is 0.335 e. The van der Waals surface area contributed by atoms with Gasteiger partial charge in [-0.05, 0) is 43.9 Å². The Labute approximate surface area is 126 Å². The third-order valence-electron chi connectivity index (χ3n) is 3.95. The fraction of sp³-hybridized carbons (Fsp3) is 0.533. The van der Waals surface area contributed by atoms with Crippen LogP contribution in [0.25, 0.3) is 0 Å². The Hall–Kier alpha value is -1.40. The van der Waals surface area contributed by atoms with Gasteiger partial charge in [0.05, 0.1) is 10.5 Å². The first-order chi connectivity index (χ1) is 9.50. The number of aromatic carboxylic acids is 1. The monoisotopic (exact) mass is 313 g/mol. The third-order valence-corrected chi connectivity index (χ3v) is 6.03. The molecule has 6 heteroatoms. The topological polar surface area (TPSA) is 74.7 Å². The summed E-state index contributed by atoms with van der Waals surface area (Å²) in [7, 11) is -2.19. The van der Waals surface area contributed by atoms with Crippen molar-refractivity contribution in [2.75, 3.05) is 7.05 Å². The van der Waals surface area contributed by atoms with Gasteiger partial charge in [-0.1, -0.05) is 19.9 Å². The summed E-state index contributed by atoms with van der Waals surface area (Å²) >= 11 is 0. The number of benzene rings is 1. The van der Waals surface area contributed by atoms with Gasteiger partial charge in [-0.3, -0.25) is 0 Å². The first-order valence-corrected chi connectivity index (χ1v) is 8.26. The van der Waals surface area contributed by atoms with E-state index in [0.717, 1.165) is 0 Å². The zero-order valence-corrected chi connectivity index (χ0v) is 14.2. The highest BCUT2D eigenvalue weighted by atomic mass is 32.2. The molecule has 5 nitrogen and oxygen atoms in total. The lowest BCUT2D eigenvalue weighted by molar-refractivity contribution is 0.0696. The molecule has 1 aromatic rings. The number of sulfonamides is 1. The van der Waals surface area contributed by atoms with E-state index in [4.69, 9.17) is 0 Å². The van der Waals surface area contributed by atoms with Crippen LogP contribution >= 0.6 is 0 Å². The van der Waals surface area contributed by atoms with Crippen molar-refractivity contribution in [2.24, 2.45) is 5.92 Å². The molecule has 0 aliphatic carbocycles. The van der Waals surface area contributed by atoms with Gasteiger partial charge < -0.3 is 5.11 Å². The predicted octanol–water partition coefficient (Wildman–Crippen LogP) is 2.67. The summed E-state index contributed by atoms with van der Waals surface area (Å²) in [4.78, 5) is 11.3. The maximum absolute atomic E-state index is 12.7. The molecule has 0 radical (unpaired) electrons. The Balaban J connectivity index is 3.45. The molecule has 1 rings (SSSR count). The van der Waals surface area contributed by atoms with Crippen LogP contribution in [-0.2, 0) is 10.0 Å². The normalized spacial score (nSPS) is 13.7. The van der Waals surface area contributed by atoms with E-state index in [2.05, 4.69) is 0 Å². The van der Waals surface area contributed by atoms with Crippen molar-refractivity contribution < 1.29 is 18.3 Å². The Morgan fingerprint density at radius 3 is 2.10 bits per heavy atom. The molecule has 1 atom stereocenters. The van der Waals surface area contributed by atoms with Crippen LogP contribution in [0.4, 0.5) is 0 Å². The van der Waals surface area contributed by atoms with Crippen molar-refractivity contribution in [2.45, 2.75) is 45.6 Å². The average molecular weight is 313 g/mol. The summed E-state index contributed by atoms with van der Waals surface area (Å²) in [5.41, 5.74) is 1.13. The SMILES string of the molecule is Cc1cc(C)c(S(=O)(=O)N(C)C(C)C(C)C)cc1C(=O)O. The van der Waals surface area contributed by atoms with Gasteiger partial charge in [0.25, 0.3) is 0 Å². The number of nitrogens with zero attached hydrogens (tertiary/aromatic N) is 1. The van der Waals surface area contributed by atoms with E-state index < -0.39 is 16.0 Å². The molecule has 0 aliphatic heterocycles. The Bertz CT molecular complexity index is 650. The molecule has 0 aromatic heterocycles. The quantitative estimate of drug-likeness (QED) is 0.907. The van der Waals surface area contributed by atoms with Gasteiger partial charge >= 0.3 is 5.97 Å². The van der Waals surface area contributed by atoms with Crippen molar-refractivity contribution in [3.8, 4) is 0 Å². The third kappa shape index (κ3) is 3.44. The molecule has 1 N–H and O–H groups in total. The molecular weight excluding hydrogens is 290 g/mol. The predicted molar refractivity (Wildman–Crippen MR) is 82.1 cm³/mol. The van der Waals surface area contributed by atoms with Gasteiger partial charge in [-0.15, -0.1) is 0 Å². The first-order valence-electron chi connectivity index (χ1n) is 6.82. The molecule has 21 heavy (non-hydrogen) atoms. The van der Waals surface area contributed by atoms with Gasteiger partial charge in [0, 0.05) is 13.1 Å². The number of hydrogen-bond donors (Lipinski definition) is 1. The van der Waals surface area contributed by atoms with Crippen molar-refractivity contribution >= 4 is 16.0 Å². The van der Waals surface area contributed by atoms with Crippen LogP contribution in [0.15, 0.2) is 17.0 Å². The van der Waals surface area contributed by atoms with Crippen LogP contribution in [0.1, 0.15) is 42.3 Å². The molecule has 0 fully saturated rings. The maximum atomic E-state index is 12.7. The number of rotatable bonds is 5. The van der Waals surface area contributed by atoms with E-state index >= 15 is 0 Å². The molecule has 0 saturated heterocycles. The number of carbonyl (C=O) groups is 1. The largest absolute Gasteiger partial charge is 0.478 e. The van der Waals surface area contributed by atoms with Crippen LogP contribution in [-0.4, -0.2) is 36.9 Å². The molecular formula is C15H23NO4S. The van der Waals surface area contributed by atoms with Crippen LogP contribution in [0.5, 0.6) is 0 Å². The fourth-order valence-corrected chi connectivity index (χ4v) is 3.86. The maximum Gasteiger partial charge on any atom is 0.335 e. The summed E-state index contributed by atoms with van der Waals surface area (Å²) in [6.07, 6.45) is 0. The lowest BCUT2D eigenvalue weighted by Crippen LogP contribution is -2.38.